The number of nitrogens with zero attached hydrogens (tertiary/aromatic N) is 1. The highest BCUT2D eigenvalue weighted by molar-refractivity contribution is 6.30. The minimum absolute atomic E-state index is 0. The average Bonchev–Trinajstić information content (AvgIpc) is 2.03. The summed E-state index contributed by atoms with van der Waals surface area (Å²) < 4.78 is 0. The summed E-state index contributed by atoms with van der Waals surface area (Å²) in [5, 5.41) is 10.9. The quantitative estimate of drug-likeness (QED) is 0.616. The Morgan fingerprint density at radius 3 is 2.62 bits per heavy atom. The topological polar surface area (TPSA) is 69.2 Å². The molecule has 0 unspecified atom stereocenters. The second-order valence-corrected chi connectivity index (χ2v) is 2.67. The molecule has 0 radical (unpaired) electrons. The van der Waals surface area contributed by atoms with Crippen LogP contribution in [0.15, 0.2) is 18.2 Å². The van der Waals surface area contributed by atoms with Crippen LogP contribution in [-0.2, 0) is 6.54 Å². The van der Waals surface area contributed by atoms with E-state index in [2.05, 4.69) is 0 Å². The molecule has 0 spiro atoms. The van der Waals surface area contributed by atoms with Crippen LogP contribution in [-0.4, -0.2) is 4.92 Å². The van der Waals surface area contributed by atoms with Gasteiger partial charge in [-0.1, -0.05) is 11.6 Å². The van der Waals surface area contributed by atoms with Gasteiger partial charge >= 0.3 is 0 Å². The third-order valence-corrected chi connectivity index (χ3v) is 1.69. The summed E-state index contributed by atoms with van der Waals surface area (Å²) in [5.41, 5.74) is 5.76. The molecule has 13 heavy (non-hydrogen) atoms. The van der Waals surface area contributed by atoms with Crippen molar-refractivity contribution in [1.29, 1.82) is 0 Å². The van der Waals surface area contributed by atoms with Gasteiger partial charge < -0.3 is 5.73 Å². The van der Waals surface area contributed by atoms with Gasteiger partial charge in [-0.3, -0.25) is 10.1 Å². The molecule has 0 saturated heterocycles. The van der Waals surface area contributed by atoms with E-state index in [1.54, 1.807) is 0 Å². The number of rotatable bonds is 2. The summed E-state index contributed by atoms with van der Waals surface area (Å²) in [5.74, 6) is 0. The van der Waals surface area contributed by atoms with Gasteiger partial charge in [0.15, 0.2) is 0 Å². The fraction of sp³-hybridized carbons (Fsp3) is 0.143. The van der Waals surface area contributed by atoms with Crippen LogP contribution in [0.3, 0.4) is 0 Å². The van der Waals surface area contributed by atoms with E-state index in [1.807, 2.05) is 0 Å². The summed E-state index contributed by atoms with van der Waals surface area (Å²) >= 11 is 5.62. The van der Waals surface area contributed by atoms with Crippen LogP contribution in [0.4, 0.5) is 5.69 Å². The summed E-state index contributed by atoms with van der Waals surface area (Å²) in [4.78, 5) is 9.93. The first kappa shape index (κ1) is 12.2. The van der Waals surface area contributed by atoms with Gasteiger partial charge in [0.1, 0.15) is 0 Å². The normalized spacial score (nSPS) is 9.08. The molecule has 1 rings (SSSR count). The molecule has 0 aromatic heterocycles. The zero-order valence-corrected chi connectivity index (χ0v) is 8.14. The standard InChI is InChI=1S/C7H7ClN2O2.ClH/c8-6-1-2-7(10(11)12)5(3-6)4-9;/h1-3H,4,9H2;1H. The third kappa shape index (κ3) is 2.84. The molecule has 1 aromatic rings. The number of benzene rings is 1. The highest BCUT2D eigenvalue weighted by atomic mass is 35.5. The molecule has 0 saturated carbocycles. The van der Waals surface area contributed by atoms with E-state index in [9.17, 15) is 10.1 Å². The Kier molecular flexibility index (Phi) is 4.69. The molecule has 0 amide bonds. The lowest BCUT2D eigenvalue weighted by Crippen LogP contribution is -2.01. The molecule has 2 N–H and O–H groups in total. The molecule has 1 aromatic carbocycles. The number of hydrogen-bond acceptors (Lipinski definition) is 3. The maximum absolute atomic E-state index is 10.4. The highest BCUT2D eigenvalue weighted by Gasteiger charge is 2.11. The predicted octanol–water partition coefficient (Wildman–Crippen LogP) is 2.13. The van der Waals surface area contributed by atoms with Gasteiger partial charge in [0, 0.05) is 23.2 Å². The van der Waals surface area contributed by atoms with Gasteiger partial charge in [-0.15, -0.1) is 12.4 Å². The van der Waals surface area contributed by atoms with Gasteiger partial charge in [0.25, 0.3) is 5.69 Å². The van der Waals surface area contributed by atoms with Crippen LogP contribution in [0.1, 0.15) is 5.56 Å². The number of nitro groups is 1. The number of hydrogen-bond donors (Lipinski definition) is 1. The van der Waals surface area contributed by atoms with Crippen LogP contribution in [0, 0.1) is 10.1 Å². The summed E-state index contributed by atoms with van der Waals surface area (Å²) in [6.45, 7) is 0.122. The Labute approximate surface area is 86.2 Å². The van der Waals surface area contributed by atoms with Crippen molar-refractivity contribution in [3.05, 3.63) is 38.9 Å². The first-order chi connectivity index (χ1) is 5.65. The molecular formula is C7H8Cl2N2O2. The molecule has 0 bridgehead atoms. The molecule has 0 aliphatic heterocycles. The van der Waals surface area contributed by atoms with E-state index < -0.39 is 4.92 Å². The van der Waals surface area contributed by atoms with Gasteiger partial charge in [0.05, 0.1) is 4.92 Å². The summed E-state index contributed by atoms with van der Waals surface area (Å²) in [7, 11) is 0. The van der Waals surface area contributed by atoms with Crippen molar-refractivity contribution in [2.24, 2.45) is 5.73 Å². The van der Waals surface area contributed by atoms with Crippen molar-refractivity contribution in [1.82, 2.24) is 0 Å². The number of nitrogens with two attached hydrogens (primary N) is 1. The fourth-order valence-corrected chi connectivity index (χ4v) is 1.09. The Morgan fingerprint density at radius 2 is 2.15 bits per heavy atom. The van der Waals surface area contributed by atoms with Crippen molar-refractivity contribution < 1.29 is 4.92 Å². The second-order valence-electron chi connectivity index (χ2n) is 2.23. The lowest BCUT2D eigenvalue weighted by atomic mass is 10.2. The van der Waals surface area contributed by atoms with E-state index in [0.29, 0.717) is 10.6 Å². The monoisotopic (exact) mass is 222 g/mol. The Balaban J connectivity index is 0.00000144. The van der Waals surface area contributed by atoms with Crippen LogP contribution >= 0.6 is 24.0 Å². The highest BCUT2D eigenvalue weighted by Crippen LogP contribution is 2.21. The maximum Gasteiger partial charge on any atom is 0.273 e. The van der Waals surface area contributed by atoms with Gasteiger partial charge in [-0.05, 0) is 12.1 Å². The van der Waals surface area contributed by atoms with Crippen LogP contribution < -0.4 is 5.73 Å². The lowest BCUT2D eigenvalue weighted by Gasteiger charge is -1.98. The van der Waals surface area contributed by atoms with Crippen molar-refractivity contribution in [3.8, 4) is 0 Å². The van der Waals surface area contributed by atoms with Gasteiger partial charge in [-0.25, -0.2) is 0 Å². The lowest BCUT2D eigenvalue weighted by molar-refractivity contribution is -0.385. The molecule has 0 fully saturated rings. The SMILES string of the molecule is Cl.NCc1cc(Cl)ccc1[N+](=O)[O-]. The largest absolute Gasteiger partial charge is 0.326 e. The van der Waals surface area contributed by atoms with E-state index in [4.69, 9.17) is 17.3 Å². The van der Waals surface area contributed by atoms with Crippen LogP contribution in [0.25, 0.3) is 0 Å². The van der Waals surface area contributed by atoms with Crippen molar-refractivity contribution >= 4 is 29.7 Å². The molecule has 0 aliphatic carbocycles. The smallest absolute Gasteiger partial charge is 0.273 e. The first-order valence-electron chi connectivity index (χ1n) is 3.28. The van der Waals surface area contributed by atoms with Crippen molar-refractivity contribution in [2.75, 3.05) is 0 Å². The molecule has 6 heteroatoms. The Hall–Kier alpha value is -0.840. The first-order valence-corrected chi connectivity index (χ1v) is 3.66. The molecule has 0 heterocycles. The molecular weight excluding hydrogens is 215 g/mol. The average molecular weight is 223 g/mol. The van der Waals surface area contributed by atoms with Crippen molar-refractivity contribution in [2.45, 2.75) is 6.54 Å². The van der Waals surface area contributed by atoms with Gasteiger partial charge in [-0.2, -0.15) is 0 Å². The third-order valence-electron chi connectivity index (χ3n) is 1.46. The molecule has 4 nitrogen and oxygen atoms in total. The van der Waals surface area contributed by atoms with E-state index >= 15 is 0 Å². The fourth-order valence-electron chi connectivity index (χ4n) is 0.896. The van der Waals surface area contributed by atoms with E-state index in [0.717, 1.165) is 0 Å². The predicted molar refractivity (Wildman–Crippen MR) is 53.2 cm³/mol. The molecule has 0 atom stereocenters. The minimum Gasteiger partial charge on any atom is -0.326 e. The minimum atomic E-state index is -0.474. The Morgan fingerprint density at radius 1 is 1.54 bits per heavy atom. The maximum atomic E-state index is 10.4. The number of nitro benzene ring substituents is 1. The number of halogens is 2. The van der Waals surface area contributed by atoms with Crippen molar-refractivity contribution in [3.63, 3.8) is 0 Å². The summed E-state index contributed by atoms with van der Waals surface area (Å²) in [6.07, 6.45) is 0. The van der Waals surface area contributed by atoms with Crippen LogP contribution in [0.2, 0.25) is 5.02 Å². The van der Waals surface area contributed by atoms with Gasteiger partial charge in [0.2, 0.25) is 0 Å². The van der Waals surface area contributed by atoms with Crippen LogP contribution in [0.5, 0.6) is 0 Å². The zero-order chi connectivity index (χ0) is 9.14. The second kappa shape index (κ2) is 5.01. The van der Waals surface area contributed by atoms with E-state index in [-0.39, 0.29) is 24.6 Å². The zero-order valence-electron chi connectivity index (χ0n) is 6.57. The van der Waals surface area contributed by atoms with E-state index in [1.165, 1.54) is 18.2 Å². The molecule has 72 valence electrons. The summed E-state index contributed by atoms with van der Waals surface area (Å²) in [6, 6.07) is 4.32. The molecule has 0 aliphatic rings. The Bertz CT molecular complexity index is 317.